The molecule has 0 bridgehead atoms. The number of para-hydroxylation sites is 2. The molecule has 2 heterocycles. The minimum Gasteiger partial charge on any atom is -0.456 e. The molecule has 0 aliphatic heterocycles. The van der Waals surface area contributed by atoms with Crippen molar-refractivity contribution in [2.75, 3.05) is 6.61 Å². The van der Waals surface area contributed by atoms with Gasteiger partial charge in [-0.15, -0.1) is 0 Å². The zero-order valence-electron chi connectivity index (χ0n) is 17.8. The highest BCUT2D eigenvalue weighted by atomic mass is 16.5. The van der Waals surface area contributed by atoms with Crippen LogP contribution in [0.1, 0.15) is 28.7 Å². The molecule has 6 heteroatoms. The van der Waals surface area contributed by atoms with Gasteiger partial charge in [-0.05, 0) is 51.1 Å². The van der Waals surface area contributed by atoms with Crippen LogP contribution in [0.2, 0.25) is 0 Å². The molecule has 0 saturated heterocycles. The smallest absolute Gasteiger partial charge is 0.326 e. The number of aromatic nitrogens is 2. The molecule has 158 valence electrons. The highest BCUT2D eigenvalue weighted by molar-refractivity contribution is 5.99. The van der Waals surface area contributed by atoms with Crippen molar-refractivity contribution in [2.45, 2.75) is 33.9 Å². The summed E-state index contributed by atoms with van der Waals surface area (Å²) in [6, 6.07) is 16.2. The van der Waals surface area contributed by atoms with Crippen LogP contribution in [0, 0.1) is 13.8 Å². The molecule has 0 N–H and O–H groups in total. The molecule has 0 radical (unpaired) electrons. The van der Waals surface area contributed by atoms with Gasteiger partial charge in [0.25, 0.3) is 0 Å². The Hall–Kier alpha value is -3.67. The van der Waals surface area contributed by atoms with Crippen molar-refractivity contribution in [1.29, 1.82) is 0 Å². The standard InChI is InChI=1S/C25H24N2O4/c1-4-26-16(2)13-20(17(26)3)23(28)15-31-24(29)14-27-21-11-7-5-9-18(21)25(30)19-10-6-8-12-22(19)27/h5-13H,4,14-15H2,1-3H3. The van der Waals surface area contributed by atoms with Crippen molar-refractivity contribution in [3.63, 3.8) is 0 Å². The molecule has 31 heavy (non-hydrogen) atoms. The second kappa shape index (κ2) is 8.22. The largest absolute Gasteiger partial charge is 0.456 e. The summed E-state index contributed by atoms with van der Waals surface area (Å²) in [4.78, 5) is 38.1. The summed E-state index contributed by atoms with van der Waals surface area (Å²) in [5.74, 6) is -0.757. The first-order valence-corrected chi connectivity index (χ1v) is 10.3. The molecule has 0 saturated carbocycles. The molecular weight excluding hydrogens is 392 g/mol. The molecular formula is C25H24N2O4. The number of hydrogen-bond donors (Lipinski definition) is 0. The van der Waals surface area contributed by atoms with E-state index in [-0.39, 0.29) is 24.4 Å². The Morgan fingerprint density at radius 1 is 0.903 bits per heavy atom. The van der Waals surface area contributed by atoms with E-state index in [4.69, 9.17) is 4.74 Å². The maximum Gasteiger partial charge on any atom is 0.326 e. The fourth-order valence-corrected chi connectivity index (χ4v) is 4.22. The van der Waals surface area contributed by atoms with Crippen LogP contribution < -0.4 is 5.43 Å². The fourth-order valence-electron chi connectivity index (χ4n) is 4.22. The van der Waals surface area contributed by atoms with E-state index in [1.807, 2.05) is 43.5 Å². The first kappa shape index (κ1) is 20.6. The number of carbonyl (C=O) groups excluding carboxylic acids is 2. The molecule has 0 unspecified atom stereocenters. The Kier molecular flexibility index (Phi) is 5.46. The van der Waals surface area contributed by atoms with Gasteiger partial charge in [0.05, 0.1) is 11.0 Å². The lowest BCUT2D eigenvalue weighted by Crippen LogP contribution is -2.21. The van der Waals surface area contributed by atoms with Crippen molar-refractivity contribution in [1.82, 2.24) is 9.13 Å². The van der Waals surface area contributed by atoms with E-state index in [1.54, 1.807) is 41.0 Å². The third-order valence-electron chi connectivity index (χ3n) is 5.72. The van der Waals surface area contributed by atoms with E-state index in [2.05, 4.69) is 0 Å². The van der Waals surface area contributed by atoms with Crippen LogP contribution in [0.5, 0.6) is 0 Å². The van der Waals surface area contributed by atoms with Gasteiger partial charge in [0.15, 0.2) is 12.0 Å². The number of esters is 1. The van der Waals surface area contributed by atoms with Crippen molar-refractivity contribution >= 4 is 33.6 Å². The number of ketones is 1. The summed E-state index contributed by atoms with van der Waals surface area (Å²) in [6.07, 6.45) is 0. The van der Waals surface area contributed by atoms with Gasteiger partial charge < -0.3 is 13.9 Å². The molecule has 0 amide bonds. The van der Waals surface area contributed by atoms with Gasteiger partial charge in [-0.2, -0.15) is 0 Å². The number of nitrogens with zero attached hydrogens (tertiary/aromatic N) is 2. The number of ether oxygens (including phenoxy) is 1. The summed E-state index contributed by atoms with van der Waals surface area (Å²) < 4.78 is 9.15. The van der Waals surface area contributed by atoms with Gasteiger partial charge in [0.1, 0.15) is 6.54 Å². The average molecular weight is 416 g/mol. The van der Waals surface area contributed by atoms with E-state index in [0.717, 1.165) is 17.9 Å². The number of fused-ring (bicyclic) bond motifs is 2. The number of carbonyl (C=O) groups is 2. The molecule has 4 aromatic rings. The van der Waals surface area contributed by atoms with Crippen LogP contribution in [0.4, 0.5) is 0 Å². The maximum absolute atomic E-state index is 12.8. The minimum atomic E-state index is -0.531. The number of aryl methyl sites for hydroxylation is 1. The van der Waals surface area contributed by atoms with Crippen molar-refractivity contribution in [2.24, 2.45) is 0 Å². The van der Waals surface area contributed by atoms with Crippen LogP contribution in [-0.4, -0.2) is 27.5 Å². The molecule has 0 aliphatic rings. The van der Waals surface area contributed by atoms with E-state index in [0.29, 0.717) is 27.4 Å². The highest BCUT2D eigenvalue weighted by Crippen LogP contribution is 2.19. The highest BCUT2D eigenvalue weighted by Gasteiger charge is 2.18. The number of pyridine rings is 1. The lowest BCUT2D eigenvalue weighted by Gasteiger charge is -2.14. The van der Waals surface area contributed by atoms with Crippen LogP contribution in [0.15, 0.2) is 59.4 Å². The van der Waals surface area contributed by atoms with Gasteiger partial charge in [-0.1, -0.05) is 24.3 Å². The van der Waals surface area contributed by atoms with E-state index < -0.39 is 5.97 Å². The molecule has 2 aromatic carbocycles. The lowest BCUT2D eigenvalue weighted by molar-refractivity contribution is -0.143. The first-order chi connectivity index (χ1) is 14.9. The van der Waals surface area contributed by atoms with Crippen LogP contribution in [0.25, 0.3) is 21.8 Å². The molecule has 0 atom stereocenters. The van der Waals surface area contributed by atoms with Crippen molar-refractivity contribution in [3.8, 4) is 0 Å². The minimum absolute atomic E-state index is 0.0720. The maximum atomic E-state index is 12.8. The van der Waals surface area contributed by atoms with Gasteiger partial charge in [-0.3, -0.25) is 14.4 Å². The van der Waals surface area contributed by atoms with Crippen LogP contribution in [-0.2, 0) is 22.6 Å². The Bertz CT molecular complexity index is 1320. The Morgan fingerprint density at radius 3 is 2.03 bits per heavy atom. The quantitative estimate of drug-likeness (QED) is 0.270. The number of hydrogen-bond acceptors (Lipinski definition) is 4. The predicted molar refractivity (Wildman–Crippen MR) is 121 cm³/mol. The van der Waals surface area contributed by atoms with Gasteiger partial charge >= 0.3 is 5.97 Å². The first-order valence-electron chi connectivity index (χ1n) is 10.3. The molecule has 0 fully saturated rings. The Balaban J connectivity index is 1.60. The van der Waals surface area contributed by atoms with E-state index in [9.17, 15) is 14.4 Å². The summed E-state index contributed by atoms with van der Waals surface area (Å²) in [5.41, 5.74) is 3.69. The van der Waals surface area contributed by atoms with Crippen LogP contribution >= 0.6 is 0 Å². The van der Waals surface area contributed by atoms with Gasteiger partial charge in [0.2, 0.25) is 5.78 Å². The third kappa shape index (κ3) is 3.65. The van der Waals surface area contributed by atoms with Gasteiger partial charge in [0, 0.05) is 34.3 Å². The van der Waals surface area contributed by atoms with E-state index >= 15 is 0 Å². The predicted octanol–water partition coefficient (Wildman–Crippen LogP) is 4.02. The summed E-state index contributed by atoms with van der Waals surface area (Å²) >= 11 is 0. The molecule has 6 nitrogen and oxygen atoms in total. The molecule has 2 aromatic heterocycles. The number of rotatable bonds is 6. The van der Waals surface area contributed by atoms with Gasteiger partial charge in [-0.25, -0.2) is 0 Å². The van der Waals surface area contributed by atoms with Crippen molar-refractivity contribution < 1.29 is 14.3 Å². The summed E-state index contributed by atoms with van der Waals surface area (Å²) in [7, 11) is 0. The average Bonchev–Trinajstić information content (AvgIpc) is 3.08. The fraction of sp³-hybridized carbons (Fsp3) is 0.240. The van der Waals surface area contributed by atoms with Crippen LogP contribution in [0.3, 0.4) is 0 Å². The Morgan fingerprint density at radius 2 is 1.48 bits per heavy atom. The third-order valence-corrected chi connectivity index (χ3v) is 5.72. The molecule has 4 rings (SSSR count). The monoisotopic (exact) mass is 416 g/mol. The van der Waals surface area contributed by atoms with Crippen molar-refractivity contribution in [3.05, 3.63) is 81.8 Å². The zero-order chi connectivity index (χ0) is 22.1. The number of Topliss-reactive ketones (excluding diaryl/α,β-unsaturated/α-hetero) is 1. The second-order valence-corrected chi connectivity index (χ2v) is 7.56. The SMILES string of the molecule is CCn1c(C)cc(C(=O)COC(=O)Cn2c3ccccc3c(=O)c3ccccc32)c1C. The number of benzene rings is 2. The topological polar surface area (TPSA) is 70.3 Å². The lowest BCUT2D eigenvalue weighted by atomic mass is 10.1. The van der Waals surface area contributed by atoms with E-state index in [1.165, 1.54) is 0 Å². The Labute approximate surface area is 179 Å². The molecule has 0 spiro atoms. The second-order valence-electron chi connectivity index (χ2n) is 7.56. The zero-order valence-corrected chi connectivity index (χ0v) is 17.8. The molecule has 0 aliphatic carbocycles. The normalized spacial score (nSPS) is 11.2. The summed E-state index contributed by atoms with van der Waals surface area (Å²) in [6.45, 7) is 6.23. The summed E-state index contributed by atoms with van der Waals surface area (Å²) in [5, 5.41) is 1.08.